The number of carbonyl (C=O) groups is 3. The van der Waals surface area contributed by atoms with E-state index in [0.717, 1.165) is 5.56 Å². The highest BCUT2D eigenvalue weighted by molar-refractivity contribution is 5.91. The summed E-state index contributed by atoms with van der Waals surface area (Å²) in [7, 11) is 4.81. The van der Waals surface area contributed by atoms with Crippen molar-refractivity contribution >= 4 is 17.8 Å². The number of hydrogen-bond donors (Lipinski definition) is 3. The minimum absolute atomic E-state index is 0.0421. The van der Waals surface area contributed by atoms with Gasteiger partial charge in [-0.15, -0.1) is 0 Å². The molecule has 2 amide bonds. The van der Waals surface area contributed by atoms with E-state index in [2.05, 4.69) is 10.6 Å². The Morgan fingerprint density at radius 3 is 2.12 bits per heavy atom. The first-order valence-electron chi connectivity index (χ1n) is 11.5. The minimum atomic E-state index is -1.04. The Hall–Kier alpha value is -2.71. The Morgan fingerprint density at radius 1 is 1.12 bits per heavy atom. The highest BCUT2D eigenvalue weighted by Crippen LogP contribution is 2.27. The third kappa shape index (κ3) is 7.14. The van der Waals surface area contributed by atoms with Crippen LogP contribution in [0.25, 0.3) is 0 Å². The van der Waals surface area contributed by atoms with E-state index in [4.69, 9.17) is 4.74 Å². The van der Waals surface area contributed by atoms with Gasteiger partial charge >= 0.3 is 5.97 Å². The molecule has 1 aromatic rings. The van der Waals surface area contributed by atoms with Crippen LogP contribution in [0.2, 0.25) is 0 Å². The lowest BCUT2D eigenvalue weighted by Gasteiger charge is -2.37. The normalized spacial score (nSPS) is 15.9. The fourth-order valence-electron chi connectivity index (χ4n) is 4.05. The Bertz CT molecular complexity index is 866. The fraction of sp³-hybridized carbons (Fsp3) is 0.577. The number of rotatable bonds is 12. The molecule has 0 radical (unpaired) electrons. The van der Waals surface area contributed by atoms with Gasteiger partial charge < -0.3 is 25.4 Å². The lowest BCUT2D eigenvalue weighted by atomic mass is 9.77. The monoisotopic (exact) mass is 475 g/mol. The molecular weight excluding hydrogens is 434 g/mol. The highest BCUT2D eigenvalue weighted by atomic mass is 16.5. The van der Waals surface area contributed by atoms with E-state index in [1.165, 1.54) is 18.9 Å². The number of ether oxygens (including phenoxy) is 1. The number of carboxylic acids is 1. The van der Waals surface area contributed by atoms with Gasteiger partial charge in [0.1, 0.15) is 6.04 Å². The molecule has 0 saturated carbocycles. The average molecular weight is 476 g/mol. The number of aliphatic carboxylic acids is 1. The maximum atomic E-state index is 13.5. The van der Waals surface area contributed by atoms with Crippen molar-refractivity contribution in [2.75, 3.05) is 21.2 Å². The second-order valence-electron chi connectivity index (χ2n) is 9.58. The van der Waals surface area contributed by atoms with Gasteiger partial charge in [0, 0.05) is 25.1 Å². The number of amides is 2. The van der Waals surface area contributed by atoms with Crippen LogP contribution in [0.3, 0.4) is 0 Å². The molecule has 8 nitrogen and oxygen atoms in total. The van der Waals surface area contributed by atoms with E-state index in [9.17, 15) is 19.5 Å². The molecule has 34 heavy (non-hydrogen) atoms. The zero-order valence-corrected chi connectivity index (χ0v) is 21.9. The lowest BCUT2D eigenvalue weighted by Crippen LogP contribution is -2.61. The highest BCUT2D eigenvalue weighted by Gasteiger charge is 2.39. The zero-order valence-electron chi connectivity index (χ0n) is 21.9. The smallest absolute Gasteiger partial charge is 0.331 e. The number of hydrogen-bond acceptors (Lipinski definition) is 5. The summed E-state index contributed by atoms with van der Waals surface area (Å²) in [5.74, 6) is -1.77. The van der Waals surface area contributed by atoms with Crippen molar-refractivity contribution in [3.63, 3.8) is 0 Å². The summed E-state index contributed by atoms with van der Waals surface area (Å²) in [5.41, 5.74) is 0.578. The molecule has 0 fully saturated rings. The van der Waals surface area contributed by atoms with Gasteiger partial charge in [-0.1, -0.05) is 64.1 Å². The SMILES string of the molecule is CN[C@H](C(=O)N[C@H](C(=O)N(C)[C@H](C=C(C)C(=O)O)C(C)C)[C@@H](C)OC)C(C)(C)c1ccccc1. The molecule has 0 unspecified atom stereocenters. The number of carboxylic acid groups (broad SMARTS) is 1. The van der Waals surface area contributed by atoms with Crippen LogP contribution in [0.5, 0.6) is 0 Å². The predicted molar refractivity (Wildman–Crippen MR) is 134 cm³/mol. The molecular formula is C26H41N3O5. The molecule has 0 aliphatic carbocycles. The molecule has 190 valence electrons. The minimum Gasteiger partial charge on any atom is -0.478 e. The van der Waals surface area contributed by atoms with Crippen molar-refractivity contribution < 1.29 is 24.2 Å². The molecule has 0 aliphatic heterocycles. The summed E-state index contributed by atoms with van der Waals surface area (Å²) in [6.07, 6.45) is 0.963. The molecule has 4 atom stereocenters. The Balaban J connectivity index is 3.25. The topological polar surface area (TPSA) is 108 Å². The van der Waals surface area contributed by atoms with Crippen molar-refractivity contribution in [2.24, 2.45) is 5.92 Å². The Morgan fingerprint density at radius 2 is 1.68 bits per heavy atom. The van der Waals surface area contributed by atoms with Crippen LogP contribution < -0.4 is 10.6 Å². The van der Waals surface area contributed by atoms with Gasteiger partial charge in [-0.3, -0.25) is 9.59 Å². The largest absolute Gasteiger partial charge is 0.478 e. The Labute approximate surface area is 203 Å². The van der Waals surface area contributed by atoms with Gasteiger partial charge in [0.15, 0.2) is 0 Å². The van der Waals surface area contributed by atoms with Crippen LogP contribution in [0.1, 0.15) is 47.1 Å². The molecule has 0 saturated heterocycles. The summed E-state index contributed by atoms with van der Waals surface area (Å²) in [6.45, 7) is 11.0. The number of methoxy groups -OCH3 is 1. The number of nitrogens with zero attached hydrogens (tertiary/aromatic N) is 1. The second kappa shape index (κ2) is 12.7. The van der Waals surface area contributed by atoms with Gasteiger partial charge in [-0.2, -0.15) is 0 Å². The first kappa shape index (κ1) is 29.3. The average Bonchev–Trinajstić information content (AvgIpc) is 2.79. The fourth-order valence-corrected chi connectivity index (χ4v) is 4.05. The van der Waals surface area contributed by atoms with E-state index < -0.39 is 35.6 Å². The Kier molecular flexibility index (Phi) is 10.9. The van der Waals surface area contributed by atoms with Gasteiger partial charge in [0.05, 0.1) is 18.2 Å². The van der Waals surface area contributed by atoms with Crippen molar-refractivity contribution in [1.82, 2.24) is 15.5 Å². The summed E-state index contributed by atoms with van der Waals surface area (Å²) < 4.78 is 5.44. The maximum Gasteiger partial charge on any atom is 0.331 e. The van der Waals surface area contributed by atoms with E-state index >= 15 is 0 Å². The second-order valence-corrected chi connectivity index (χ2v) is 9.58. The maximum absolute atomic E-state index is 13.5. The molecule has 0 aromatic heterocycles. The standard InChI is InChI=1S/C26H41N3O5/c1-16(2)20(15-17(3)25(32)33)29(8)24(31)21(18(4)34-9)28-23(30)22(27-7)26(5,6)19-13-11-10-12-14-19/h10-16,18,20-22,27H,1-9H3,(H,28,30)(H,32,33)/t18-,20-,21+,22-/m1/s1. The van der Waals surface area contributed by atoms with Crippen molar-refractivity contribution in [3.05, 3.63) is 47.5 Å². The summed E-state index contributed by atoms with van der Waals surface area (Å²) in [6, 6.07) is 7.67. The van der Waals surface area contributed by atoms with Gasteiger partial charge in [-0.05, 0) is 32.4 Å². The summed E-state index contributed by atoms with van der Waals surface area (Å²) >= 11 is 0. The third-order valence-corrected chi connectivity index (χ3v) is 6.43. The predicted octanol–water partition coefficient (Wildman–Crippen LogP) is 2.59. The van der Waals surface area contributed by atoms with Crippen LogP contribution in [-0.4, -0.2) is 73.2 Å². The van der Waals surface area contributed by atoms with Gasteiger partial charge in [-0.25, -0.2) is 4.79 Å². The molecule has 0 bridgehead atoms. The van der Waals surface area contributed by atoms with Gasteiger partial charge in [0.2, 0.25) is 11.8 Å². The van der Waals surface area contributed by atoms with E-state index in [1.54, 1.807) is 27.1 Å². The molecule has 0 aliphatic rings. The quantitative estimate of drug-likeness (QED) is 0.401. The van der Waals surface area contributed by atoms with Gasteiger partial charge in [0.25, 0.3) is 0 Å². The van der Waals surface area contributed by atoms with Crippen LogP contribution in [0.15, 0.2) is 42.0 Å². The van der Waals surface area contributed by atoms with Crippen LogP contribution in [0, 0.1) is 5.92 Å². The molecule has 1 aromatic carbocycles. The van der Waals surface area contributed by atoms with Crippen molar-refractivity contribution in [3.8, 4) is 0 Å². The first-order chi connectivity index (χ1) is 15.8. The van der Waals surface area contributed by atoms with E-state index in [0.29, 0.717) is 0 Å². The molecule has 1 rings (SSSR count). The van der Waals surface area contributed by atoms with Crippen molar-refractivity contribution in [2.45, 2.75) is 71.2 Å². The zero-order chi connectivity index (χ0) is 26.2. The van der Waals surface area contributed by atoms with Crippen LogP contribution >= 0.6 is 0 Å². The third-order valence-electron chi connectivity index (χ3n) is 6.43. The first-order valence-corrected chi connectivity index (χ1v) is 11.5. The number of nitrogens with one attached hydrogen (secondary N) is 2. The van der Waals surface area contributed by atoms with E-state index in [-0.39, 0.29) is 23.3 Å². The lowest BCUT2D eigenvalue weighted by molar-refractivity contribution is -0.141. The summed E-state index contributed by atoms with van der Waals surface area (Å²) in [4.78, 5) is 39.8. The molecule has 3 N–H and O–H groups in total. The number of carbonyl (C=O) groups excluding carboxylic acids is 2. The molecule has 8 heteroatoms. The number of benzene rings is 1. The van der Waals surface area contributed by atoms with E-state index in [1.807, 2.05) is 58.0 Å². The van der Waals surface area contributed by atoms with Crippen molar-refractivity contribution in [1.29, 1.82) is 0 Å². The van der Waals surface area contributed by atoms with Crippen LogP contribution in [0.4, 0.5) is 0 Å². The van der Waals surface area contributed by atoms with Crippen LogP contribution in [-0.2, 0) is 24.5 Å². The molecule has 0 spiro atoms. The summed E-state index contributed by atoms with van der Waals surface area (Å²) in [5, 5.41) is 15.3. The molecule has 0 heterocycles. The number of likely N-dealkylation sites (N-methyl/N-ethyl adjacent to an activating group) is 2.